The maximum atomic E-state index is 13.6. The van der Waals surface area contributed by atoms with Gasteiger partial charge in [-0.2, -0.15) is 0 Å². The third-order valence-corrected chi connectivity index (χ3v) is 6.76. The van der Waals surface area contributed by atoms with Crippen LogP contribution < -0.4 is 10.1 Å². The van der Waals surface area contributed by atoms with Crippen LogP contribution in [0.5, 0.6) is 5.75 Å². The molecule has 4 rings (SSSR count). The summed E-state index contributed by atoms with van der Waals surface area (Å²) in [6.45, 7) is 5.84. The van der Waals surface area contributed by atoms with Gasteiger partial charge in [-0.25, -0.2) is 4.39 Å². The number of hydrogen-bond acceptors (Lipinski definition) is 4. The summed E-state index contributed by atoms with van der Waals surface area (Å²) in [5.41, 5.74) is 0.420. The Balaban J connectivity index is 1.40. The minimum atomic E-state index is -0.383. The number of nitrogens with zero attached hydrogens (tertiary/aromatic N) is 2. The van der Waals surface area contributed by atoms with Gasteiger partial charge in [-0.1, -0.05) is 0 Å². The second-order valence-electron chi connectivity index (χ2n) is 8.57. The molecule has 6 nitrogen and oxygen atoms in total. The van der Waals surface area contributed by atoms with Crippen molar-refractivity contribution in [1.82, 2.24) is 9.80 Å². The summed E-state index contributed by atoms with van der Waals surface area (Å²) < 4.78 is 19.5. The van der Waals surface area contributed by atoms with E-state index in [2.05, 4.69) is 10.2 Å². The molecule has 0 bridgehead atoms. The van der Waals surface area contributed by atoms with Crippen molar-refractivity contribution in [2.45, 2.75) is 45.1 Å². The number of hydrogen-bond donors (Lipinski definition) is 1. The molecule has 3 heterocycles. The van der Waals surface area contributed by atoms with Crippen LogP contribution >= 0.6 is 0 Å². The Bertz CT molecular complexity index is 764. The molecule has 1 N–H and O–H groups in total. The van der Waals surface area contributed by atoms with Crippen LogP contribution in [0.4, 0.5) is 10.1 Å². The van der Waals surface area contributed by atoms with Gasteiger partial charge in [0.25, 0.3) is 0 Å². The number of anilines is 1. The normalized spacial score (nSPS) is 26.7. The molecule has 158 valence electrons. The van der Waals surface area contributed by atoms with Gasteiger partial charge in [0.05, 0.1) is 12.3 Å². The third-order valence-electron chi connectivity index (χ3n) is 6.76. The Labute approximate surface area is 171 Å². The zero-order chi connectivity index (χ0) is 20.4. The third kappa shape index (κ3) is 4.71. The Kier molecular flexibility index (Phi) is 6.04. The molecule has 3 aliphatic heterocycles. The summed E-state index contributed by atoms with van der Waals surface area (Å²) in [5.74, 6) is 0.970. The van der Waals surface area contributed by atoms with Gasteiger partial charge in [-0.05, 0) is 56.2 Å². The van der Waals surface area contributed by atoms with E-state index in [9.17, 15) is 14.0 Å². The number of fused-ring (bicyclic) bond motifs is 2. The van der Waals surface area contributed by atoms with Crippen molar-refractivity contribution < 1.29 is 18.7 Å². The van der Waals surface area contributed by atoms with E-state index < -0.39 is 0 Å². The number of likely N-dealkylation sites (tertiary alicyclic amines) is 2. The molecule has 1 aromatic carbocycles. The van der Waals surface area contributed by atoms with Gasteiger partial charge >= 0.3 is 0 Å². The first kappa shape index (κ1) is 20.1. The smallest absolute Gasteiger partial charge is 0.224 e. The van der Waals surface area contributed by atoms with Crippen molar-refractivity contribution in [2.75, 3.05) is 38.1 Å². The molecular formula is C22H30FN3O3. The van der Waals surface area contributed by atoms with Crippen LogP contribution in [0.1, 0.15) is 39.0 Å². The van der Waals surface area contributed by atoms with Crippen LogP contribution in [-0.4, -0.2) is 60.4 Å². The lowest BCUT2D eigenvalue weighted by molar-refractivity contribution is -0.130. The van der Waals surface area contributed by atoms with Crippen LogP contribution in [0.25, 0.3) is 0 Å². The van der Waals surface area contributed by atoms with Crippen molar-refractivity contribution in [3.63, 3.8) is 0 Å². The fraction of sp³-hybridized carbons (Fsp3) is 0.636. The summed E-state index contributed by atoms with van der Waals surface area (Å²) in [6.07, 6.45) is 4.38. The SMILES string of the molecule is CC(=O)N1CCC(N2CC[C@H]3CC(=O)Nc4cc(F)ccc4OCC[C@H]3C2)CC1. The highest BCUT2D eigenvalue weighted by molar-refractivity contribution is 5.92. The standard InChI is InChI=1S/C22H30FN3O3/c1-15(27)25-9-5-19(6-10-25)26-8-4-16-12-22(28)24-20-13-18(23)2-3-21(20)29-11-7-17(16)14-26/h2-3,13,16-17,19H,4-12,14H2,1H3,(H,24,28)/t16-,17-/m0/s1. The average molecular weight is 403 g/mol. The first-order valence-corrected chi connectivity index (χ1v) is 10.7. The number of carbonyl (C=O) groups excluding carboxylic acids is 2. The minimum absolute atomic E-state index is 0.0689. The number of benzene rings is 1. The molecule has 0 spiro atoms. The molecule has 2 saturated heterocycles. The Hall–Kier alpha value is -2.15. The predicted molar refractivity (Wildman–Crippen MR) is 108 cm³/mol. The van der Waals surface area contributed by atoms with Crippen LogP contribution in [0.15, 0.2) is 18.2 Å². The molecule has 0 aromatic heterocycles. The molecule has 7 heteroatoms. The maximum absolute atomic E-state index is 13.6. The first-order chi connectivity index (χ1) is 14.0. The van der Waals surface area contributed by atoms with Crippen molar-refractivity contribution >= 4 is 17.5 Å². The van der Waals surface area contributed by atoms with E-state index in [1.807, 2.05) is 4.90 Å². The van der Waals surface area contributed by atoms with Gasteiger partial charge in [0, 0.05) is 45.1 Å². The molecule has 0 aliphatic carbocycles. The number of carbonyl (C=O) groups is 2. The lowest BCUT2D eigenvalue weighted by atomic mass is 9.80. The summed E-state index contributed by atoms with van der Waals surface area (Å²) in [7, 11) is 0. The number of halogens is 1. The summed E-state index contributed by atoms with van der Waals surface area (Å²) in [5, 5.41) is 2.84. The largest absolute Gasteiger partial charge is 0.491 e. The van der Waals surface area contributed by atoms with E-state index >= 15 is 0 Å². The Morgan fingerprint density at radius 3 is 2.69 bits per heavy atom. The van der Waals surface area contributed by atoms with Gasteiger partial charge in [-0.3, -0.25) is 14.5 Å². The topological polar surface area (TPSA) is 61.9 Å². The first-order valence-electron chi connectivity index (χ1n) is 10.7. The highest BCUT2D eigenvalue weighted by atomic mass is 19.1. The van der Waals surface area contributed by atoms with Gasteiger partial charge in [0.1, 0.15) is 11.6 Å². The molecule has 2 fully saturated rings. The molecular weight excluding hydrogens is 373 g/mol. The highest BCUT2D eigenvalue weighted by Gasteiger charge is 2.35. The van der Waals surface area contributed by atoms with E-state index in [1.165, 1.54) is 12.1 Å². The maximum Gasteiger partial charge on any atom is 0.224 e. The molecule has 2 atom stereocenters. The molecule has 29 heavy (non-hydrogen) atoms. The van der Waals surface area contributed by atoms with Crippen LogP contribution in [0, 0.1) is 17.7 Å². The van der Waals surface area contributed by atoms with Crippen molar-refractivity contribution in [1.29, 1.82) is 0 Å². The van der Waals surface area contributed by atoms with Crippen molar-refractivity contribution in [2.24, 2.45) is 11.8 Å². The van der Waals surface area contributed by atoms with Crippen LogP contribution in [0.2, 0.25) is 0 Å². The van der Waals surface area contributed by atoms with Gasteiger partial charge < -0.3 is 15.0 Å². The number of rotatable bonds is 1. The lowest BCUT2D eigenvalue weighted by Gasteiger charge is -2.45. The summed E-state index contributed by atoms with van der Waals surface area (Å²) >= 11 is 0. The molecule has 0 radical (unpaired) electrons. The fourth-order valence-electron chi connectivity index (χ4n) is 5.07. The zero-order valence-corrected chi connectivity index (χ0v) is 17.0. The number of ether oxygens (including phenoxy) is 1. The van der Waals surface area contributed by atoms with E-state index in [-0.39, 0.29) is 17.6 Å². The van der Waals surface area contributed by atoms with Gasteiger partial charge in [-0.15, -0.1) is 0 Å². The number of piperidine rings is 2. The lowest BCUT2D eigenvalue weighted by Crippen LogP contribution is -2.51. The second kappa shape index (κ2) is 8.69. The molecule has 0 saturated carbocycles. The Morgan fingerprint density at radius 1 is 1.14 bits per heavy atom. The van der Waals surface area contributed by atoms with Gasteiger partial charge in [0.15, 0.2) is 0 Å². The molecule has 0 unspecified atom stereocenters. The van der Waals surface area contributed by atoms with Crippen molar-refractivity contribution in [3.05, 3.63) is 24.0 Å². The average Bonchev–Trinajstić information content (AvgIpc) is 2.70. The van der Waals surface area contributed by atoms with Gasteiger partial charge in [0.2, 0.25) is 11.8 Å². The van der Waals surface area contributed by atoms with E-state index in [0.717, 1.165) is 51.9 Å². The van der Waals surface area contributed by atoms with Crippen molar-refractivity contribution in [3.8, 4) is 5.75 Å². The fourth-order valence-corrected chi connectivity index (χ4v) is 5.07. The monoisotopic (exact) mass is 403 g/mol. The number of amides is 2. The minimum Gasteiger partial charge on any atom is -0.491 e. The predicted octanol–water partition coefficient (Wildman–Crippen LogP) is 2.89. The number of nitrogens with one attached hydrogen (secondary N) is 1. The van der Waals surface area contributed by atoms with Crippen LogP contribution in [-0.2, 0) is 9.59 Å². The highest BCUT2D eigenvalue weighted by Crippen LogP contribution is 2.34. The molecule has 2 amide bonds. The quantitative estimate of drug-likeness (QED) is 0.783. The molecule has 3 aliphatic rings. The molecule has 1 aromatic rings. The van der Waals surface area contributed by atoms with Crippen LogP contribution in [0.3, 0.4) is 0 Å². The Morgan fingerprint density at radius 2 is 1.93 bits per heavy atom. The summed E-state index contributed by atoms with van der Waals surface area (Å²) in [4.78, 5) is 28.6. The van der Waals surface area contributed by atoms with E-state index in [0.29, 0.717) is 42.3 Å². The van der Waals surface area contributed by atoms with E-state index in [4.69, 9.17) is 4.74 Å². The summed E-state index contributed by atoms with van der Waals surface area (Å²) in [6, 6.07) is 4.78. The second-order valence-corrected chi connectivity index (χ2v) is 8.57. The van der Waals surface area contributed by atoms with E-state index in [1.54, 1.807) is 13.0 Å². The zero-order valence-electron chi connectivity index (χ0n) is 17.0.